The summed E-state index contributed by atoms with van der Waals surface area (Å²) in [7, 11) is 1.51. The Morgan fingerprint density at radius 2 is 1.84 bits per heavy atom. The Bertz CT molecular complexity index is 824. The van der Waals surface area contributed by atoms with E-state index >= 15 is 0 Å². The third-order valence-corrected chi connectivity index (χ3v) is 3.67. The molecule has 2 N–H and O–H groups in total. The maximum Gasteiger partial charge on any atom is 0.340 e. The van der Waals surface area contributed by atoms with Crippen molar-refractivity contribution in [2.45, 2.75) is 0 Å². The second kappa shape index (κ2) is 8.50. The Hall–Kier alpha value is -2.57. The van der Waals surface area contributed by atoms with Gasteiger partial charge in [-0.1, -0.05) is 29.3 Å². The normalized spacial score (nSPS) is 10.0. The van der Waals surface area contributed by atoms with E-state index in [1.54, 1.807) is 18.2 Å². The SMILES string of the molecule is CNC(=O)c1cccc(NC(=O)COC(=O)c2ccc(Cl)cc2Cl)c1. The second-order valence-corrected chi connectivity index (χ2v) is 5.75. The van der Waals surface area contributed by atoms with Crippen LogP contribution in [0.25, 0.3) is 0 Å². The average Bonchev–Trinajstić information content (AvgIpc) is 2.59. The molecule has 0 aliphatic rings. The van der Waals surface area contributed by atoms with Gasteiger partial charge in [0.2, 0.25) is 0 Å². The highest BCUT2D eigenvalue weighted by Gasteiger charge is 2.14. The zero-order chi connectivity index (χ0) is 18.4. The molecule has 0 unspecified atom stereocenters. The van der Waals surface area contributed by atoms with Gasteiger partial charge in [0.25, 0.3) is 11.8 Å². The van der Waals surface area contributed by atoms with Gasteiger partial charge < -0.3 is 15.4 Å². The summed E-state index contributed by atoms with van der Waals surface area (Å²) in [5, 5.41) is 5.55. The Morgan fingerprint density at radius 3 is 2.52 bits per heavy atom. The first-order valence-corrected chi connectivity index (χ1v) is 7.90. The number of hydrogen-bond donors (Lipinski definition) is 2. The standard InChI is InChI=1S/C17H14Cl2N2O4/c1-20-16(23)10-3-2-4-12(7-10)21-15(22)9-25-17(24)13-6-5-11(18)8-14(13)19/h2-8H,9H2,1H3,(H,20,23)(H,21,22). The van der Waals surface area contributed by atoms with Crippen LogP contribution in [0.2, 0.25) is 10.0 Å². The molecule has 2 amide bonds. The van der Waals surface area contributed by atoms with E-state index in [-0.39, 0.29) is 16.5 Å². The predicted molar refractivity (Wildman–Crippen MR) is 95.2 cm³/mol. The quantitative estimate of drug-likeness (QED) is 0.780. The summed E-state index contributed by atoms with van der Waals surface area (Å²) >= 11 is 11.7. The highest BCUT2D eigenvalue weighted by molar-refractivity contribution is 6.36. The zero-order valence-corrected chi connectivity index (χ0v) is 14.6. The topological polar surface area (TPSA) is 84.5 Å². The summed E-state index contributed by atoms with van der Waals surface area (Å²) in [6, 6.07) is 10.7. The van der Waals surface area contributed by atoms with E-state index in [4.69, 9.17) is 27.9 Å². The third kappa shape index (κ3) is 5.20. The van der Waals surface area contributed by atoms with Crippen LogP contribution < -0.4 is 10.6 Å². The van der Waals surface area contributed by atoms with Gasteiger partial charge in [-0.3, -0.25) is 9.59 Å². The van der Waals surface area contributed by atoms with Crippen molar-refractivity contribution in [2.75, 3.05) is 19.0 Å². The first-order valence-electron chi connectivity index (χ1n) is 7.15. The molecule has 0 saturated carbocycles. The number of carbonyl (C=O) groups excluding carboxylic acids is 3. The fourth-order valence-electron chi connectivity index (χ4n) is 1.94. The molecule has 8 heteroatoms. The number of carbonyl (C=O) groups is 3. The highest BCUT2D eigenvalue weighted by atomic mass is 35.5. The number of ether oxygens (including phenoxy) is 1. The van der Waals surface area contributed by atoms with E-state index in [2.05, 4.69) is 10.6 Å². The van der Waals surface area contributed by atoms with Crippen molar-refractivity contribution in [1.82, 2.24) is 5.32 Å². The Balaban J connectivity index is 1.94. The number of halogens is 2. The van der Waals surface area contributed by atoms with Crippen molar-refractivity contribution in [3.63, 3.8) is 0 Å². The smallest absolute Gasteiger partial charge is 0.340 e. The number of benzene rings is 2. The lowest BCUT2D eigenvalue weighted by Crippen LogP contribution is -2.22. The maximum absolute atomic E-state index is 11.9. The van der Waals surface area contributed by atoms with Gasteiger partial charge in [-0.25, -0.2) is 4.79 Å². The van der Waals surface area contributed by atoms with E-state index in [1.807, 2.05) is 0 Å². The second-order valence-electron chi connectivity index (χ2n) is 4.91. The number of hydrogen-bond acceptors (Lipinski definition) is 4. The van der Waals surface area contributed by atoms with Gasteiger partial charge in [-0.05, 0) is 36.4 Å². The molecule has 2 rings (SSSR count). The molecular formula is C17H14Cl2N2O4. The predicted octanol–water partition coefficient (Wildman–Crippen LogP) is 3.15. The van der Waals surface area contributed by atoms with E-state index in [0.29, 0.717) is 16.3 Å². The van der Waals surface area contributed by atoms with Crippen molar-refractivity contribution in [2.24, 2.45) is 0 Å². The molecule has 0 spiro atoms. The number of nitrogens with one attached hydrogen (secondary N) is 2. The molecule has 0 bridgehead atoms. The van der Waals surface area contributed by atoms with Crippen LogP contribution in [-0.2, 0) is 9.53 Å². The van der Waals surface area contributed by atoms with E-state index in [1.165, 1.54) is 31.3 Å². The van der Waals surface area contributed by atoms with Gasteiger partial charge in [0.05, 0.1) is 10.6 Å². The van der Waals surface area contributed by atoms with Gasteiger partial charge in [0, 0.05) is 23.3 Å². The summed E-state index contributed by atoms with van der Waals surface area (Å²) in [5.41, 5.74) is 0.914. The van der Waals surface area contributed by atoms with Crippen LogP contribution in [0.4, 0.5) is 5.69 Å². The maximum atomic E-state index is 11.9. The molecule has 130 valence electrons. The van der Waals surface area contributed by atoms with Crippen molar-refractivity contribution >= 4 is 46.7 Å². The van der Waals surface area contributed by atoms with Crippen LogP contribution in [0, 0.1) is 0 Å². The number of amides is 2. The van der Waals surface area contributed by atoms with Crippen molar-refractivity contribution < 1.29 is 19.1 Å². The molecule has 25 heavy (non-hydrogen) atoms. The van der Waals surface area contributed by atoms with Crippen LogP contribution in [0.5, 0.6) is 0 Å². The van der Waals surface area contributed by atoms with Crippen LogP contribution in [-0.4, -0.2) is 31.4 Å². The molecular weight excluding hydrogens is 367 g/mol. The van der Waals surface area contributed by atoms with E-state index in [0.717, 1.165) is 0 Å². The van der Waals surface area contributed by atoms with Gasteiger partial charge in [0.1, 0.15) is 0 Å². The zero-order valence-electron chi connectivity index (χ0n) is 13.1. The molecule has 0 aliphatic carbocycles. The molecule has 2 aromatic rings. The number of esters is 1. The Labute approximate surface area is 154 Å². The first-order chi connectivity index (χ1) is 11.9. The fraction of sp³-hybridized carbons (Fsp3) is 0.118. The summed E-state index contributed by atoms with van der Waals surface area (Å²) in [5.74, 6) is -1.57. The van der Waals surface area contributed by atoms with Gasteiger partial charge in [-0.2, -0.15) is 0 Å². The fourth-order valence-corrected chi connectivity index (χ4v) is 2.43. The Morgan fingerprint density at radius 1 is 1.08 bits per heavy atom. The lowest BCUT2D eigenvalue weighted by Gasteiger charge is -2.08. The minimum Gasteiger partial charge on any atom is -0.452 e. The summed E-state index contributed by atoms with van der Waals surface area (Å²) in [6.07, 6.45) is 0. The summed E-state index contributed by atoms with van der Waals surface area (Å²) in [6.45, 7) is -0.498. The summed E-state index contributed by atoms with van der Waals surface area (Å²) < 4.78 is 4.92. The van der Waals surface area contributed by atoms with Crippen LogP contribution in [0.15, 0.2) is 42.5 Å². The molecule has 0 fully saturated rings. The summed E-state index contributed by atoms with van der Waals surface area (Å²) in [4.78, 5) is 35.4. The molecule has 6 nitrogen and oxygen atoms in total. The van der Waals surface area contributed by atoms with Crippen LogP contribution in [0.1, 0.15) is 20.7 Å². The van der Waals surface area contributed by atoms with E-state index < -0.39 is 18.5 Å². The monoisotopic (exact) mass is 380 g/mol. The molecule has 0 radical (unpaired) electrons. The van der Waals surface area contributed by atoms with Gasteiger partial charge in [0.15, 0.2) is 6.61 Å². The lowest BCUT2D eigenvalue weighted by molar-refractivity contribution is -0.119. The third-order valence-electron chi connectivity index (χ3n) is 3.12. The Kier molecular flexibility index (Phi) is 6.38. The van der Waals surface area contributed by atoms with Crippen LogP contribution in [0.3, 0.4) is 0 Å². The molecule has 0 atom stereocenters. The average molecular weight is 381 g/mol. The number of anilines is 1. The molecule has 0 aromatic heterocycles. The largest absolute Gasteiger partial charge is 0.452 e. The van der Waals surface area contributed by atoms with Crippen molar-refractivity contribution in [3.05, 3.63) is 63.6 Å². The van der Waals surface area contributed by atoms with Gasteiger partial charge in [-0.15, -0.1) is 0 Å². The lowest BCUT2D eigenvalue weighted by atomic mass is 10.2. The van der Waals surface area contributed by atoms with Gasteiger partial charge >= 0.3 is 5.97 Å². The molecule has 0 heterocycles. The minimum absolute atomic E-state index is 0.112. The van der Waals surface area contributed by atoms with Crippen molar-refractivity contribution in [3.8, 4) is 0 Å². The minimum atomic E-state index is -0.740. The molecule has 0 saturated heterocycles. The highest BCUT2D eigenvalue weighted by Crippen LogP contribution is 2.21. The molecule has 0 aliphatic heterocycles. The molecule has 2 aromatic carbocycles. The number of rotatable bonds is 5. The van der Waals surface area contributed by atoms with E-state index in [9.17, 15) is 14.4 Å². The van der Waals surface area contributed by atoms with Crippen LogP contribution >= 0.6 is 23.2 Å². The first kappa shape index (κ1) is 18.8. The van der Waals surface area contributed by atoms with Crippen molar-refractivity contribution in [1.29, 1.82) is 0 Å².